The minimum atomic E-state index is -0.424. The minimum Gasteiger partial charge on any atom is -0.489 e. The summed E-state index contributed by atoms with van der Waals surface area (Å²) in [7, 11) is 0. The maximum absolute atomic E-state index is 12.3. The van der Waals surface area contributed by atoms with Crippen LogP contribution in [0.25, 0.3) is 44.2 Å². The van der Waals surface area contributed by atoms with E-state index >= 15 is 0 Å². The van der Waals surface area contributed by atoms with Crippen molar-refractivity contribution in [3.05, 3.63) is 110 Å². The van der Waals surface area contributed by atoms with E-state index in [1.165, 1.54) is 6.07 Å². The summed E-state index contributed by atoms with van der Waals surface area (Å²) in [6.45, 7) is 6.14. The average molecular weight is 478 g/mol. The molecule has 6 aromatic rings. The molecule has 0 fully saturated rings. The smallest absolute Gasteiger partial charge is 0.336 e. The summed E-state index contributed by atoms with van der Waals surface area (Å²) in [5, 5.41) is 2.70. The monoisotopic (exact) mass is 477 g/mol. The van der Waals surface area contributed by atoms with Crippen molar-refractivity contribution in [2.24, 2.45) is 0 Å². The van der Waals surface area contributed by atoms with Crippen molar-refractivity contribution in [2.75, 3.05) is 0 Å². The number of ether oxygens (including phenoxy) is 1. The molecule has 3 aromatic heterocycles. The number of para-hydroxylation sites is 1. The van der Waals surface area contributed by atoms with Crippen LogP contribution in [0, 0.1) is 20.8 Å². The Morgan fingerprint density at radius 2 is 1.61 bits per heavy atom. The van der Waals surface area contributed by atoms with Crippen LogP contribution in [0.5, 0.6) is 5.75 Å². The lowest BCUT2D eigenvalue weighted by Gasteiger charge is -2.10. The molecular formula is C30H23NO5. The highest BCUT2D eigenvalue weighted by molar-refractivity contribution is 5.97. The first-order valence-corrected chi connectivity index (χ1v) is 11.7. The second kappa shape index (κ2) is 8.27. The quantitative estimate of drug-likeness (QED) is 0.291. The third-order valence-corrected chi connectivity index (χ3v) is 6.62. The van der Waals surface area contributed by atoms with E-state index in [4.69, 9.17) is 13.6 Å². The highest BCUT2D eigenvalue weighted by Crippen LogP contribution is 2.37. The van der Waals surface area contributed by atoms with E-state index in [0.29, 0.717) is 28.2 Å². The molecule has 0 amide bonds. The highest BCUT2D eigenvalue weighted by Gasteiger charge is 2.17. The molecule has 6 nitrogen and oxygen atoms in total. The number of fused-ring (bicyclic) bond motifs is 3. The van der Waals surface area contributed by atoms with Crippen LogP contribution in [0.1, 0.15) is 22.3 Å². The predicted octanol–water partition coefficient (Wildman–Crippen LogP) is 6.55. The van der Waals surface area contributed by atoms with Crippen LogP contribution in [-0.2, 0) is 6.61 Å². The first-order chi connectivity index (χ1) is 17.4. The number of furan rings is 1. The molecule has 3 aromatic carbocycles. The zero-order valence-corrected chi connectivity index (χ0v) is 20.1. The van der Waals surface area contributed by atoms with Crippen LogP contribution in [0.15, 0.2) is 85.2 Å². The molecule has 0 radical (unpaired) electrons. The Labute approximate surface area is 205 Å². The first kappa shape index (κ1) is 21.9. The number of nitrogens with one attached hydrogen (secondary N) is 1. The van der Waals surface area contributed by atoms with Crippen LogP contribution in [0.4, 0.5) is 0 Å². The van der Waals surface area contributed by atoms with Gasteiger partial charge in [-0.1, -0.05) is 30.3 Å². The van der Waals surface area contributed by atoms with Gasteiger partial charge in [0.05, 0.1) is 5.52 Å². The van der Waals surface area contributed by atoms with Crippen LogP contribution in [-0.4, -0.2) is 4.98 Å². The number of aromatic amines is 1. The standard InChI is InChI=1S/C30H23NO5/c1-16-7-9-23-24(14-28(33)35-25(23)11-16)30-18(3)21-10-8-20(13-26(21)36-30)34-15-19-12-27(32)31-29-17(2)5-4-6-22(19)29/h4-14H,15H2,1-3H3,(H,31,32). The van der Waals surface area contributed by atoms with Gasteiger partial charge in [-0.3, -0.25) is 4.79 Å². The molecule has 1 N–H and O–H groups in total. The Bertz CT molecular complexity index is 1920. The summed E-state index contributed by atoms with van der Waals surface area (Å²) < 4.78 is 17.8. The van der Waals surface area contributed by atoms with Gasteiger partial charge >= 0.3 is 5.63 Å². The van der Waals surface area contributed by atoms with Gasteiger partial charge in [0, 0.05) is 51.0 Å². The zero-order chi connectivity index (χ0) is 25.0. The molecule has 0 atom stereocenters. The molecule has 0 saturated heterocycles. The lowest BCUT2D eigenvalue weighted by Crippen LogP contribution is -2.09. The first-order valence-electron chi connectivity index (χ1n) is 11.7. The summed E-state index contributed by atoms with van der Waals surface area (Å²) in [6.07, 6.45) is 0. The van der Waals surface area contributed by atoms with E-state index in [0.717, 1.165) is 43.9 Å². The largest absolute Gasteiger partial charge is 0.489 e. The predicted molar refractivity (Wildman–Crippen MR) is 141 cm³/mol. The fourth-order valence-corrected chi connectivity index (χ4v) is 4.79. The van der Waals surface area contributed by atoms with E-state index in [1.807, 2.05) is 75.4 Å². The maximum Gasteiger partial charge on any atom is 0.336 e. The summed E-state index contributed by atoms with van der Waals surface area (Å²) >= 11 is 0. The Balaban J connectivity index is 1.39. The molecule has 0 aliphatic rings. The Morgan fingerprint density at radius 1 is 0.806 bits per heavy atom. The van der Waals surface area contributed by atoms with Crippen molar-refractivity contribution >= 4 is 32.8 Å². The number of hydrogen-bond acceptors (Lipinski definition) is 5. The Hall–Kier alpha value is -4.58. The third-order valence-electron chi connectivity index (χ3n) is 6.62. The molecule has 0 spiro atoms. The lowest BCUT2D eigenvalue weighted by atomic mass is 10.0. The van der Waals surface area contributed by atoms with Gasteiger partial charge in [0.2, 0.25) is 5.56 Å². The van der Waals surface area contributed by atoms with E-state index in [1.54, 1.807) is 6.07 Å². The molecule has 3 heterocycles. The molecule has 178 valence electrons. The van der Waals surface area contributed by atoms with Crippen molar-refractivity contribution in [2.45, 2.75) is 27.4 Å². The molecular weight excluding hydrogens is 454 g/mol. The fourth-order valence-electron chi connectivity index (χ4n) is 4.79. The highest BCUT2D eigenvalue weighted by atomic mass is 16.5. The number of pyridine rings is 1. The molecule has 0 unspecified atom stereocenters. The molecule has 0 aliphatic carbocycles. The minimum absolute atomic E-state index is 0.160. The lowest BCUT2D eigenvalue weighted by molar-refractivity contribution is 0.307. The molecule has 36 heavy (non-hydrogen) atoms. The Kier molecular flexibility index (Phi) is 5.04. The molecule has 0 bridgehead atoms. The van der Waals surface area contributed by atoms with Crippen molar-refractivity contribution in [3.8, 4) is 17.1 Å². The van der Waals surface area contributed by atoms with Crippen LogP contribution in [0.2, 0.25) is 0 Å². The number of hydrogen-bond donors (Lipinski definition) is 1. The second-order valence-corrected chi connectivity index (χ2v) is 9.14. The van der Waals surface area contributed by atoms with E-state index in [2.05, 4.69) is 4.98 Å². The van der Waals surface area contributed by atoms with E-state index < -0.39 is 5.63 Å². The van der Waals surface area contributed by atoms with Crippen LogP contribution >= 0.6 is 0 Å². The Morgan fingerprint density at radius 3 is 2.47 bits per heavy atom. The van der Waals surface area contributed by atoms with E-state index in [-0.39, 0.29) is 12.2 Å². The SMILES string of the molecule is Cc1ccc2c(-c3oc4cc(OCc5cc(=O)[nH]c6c(C)cccc56)ccc4c3C)cc(=O)oc2c1. The van der Waals surface area contributed by atoms with Gasteiger partial charge in [-0.15, -0.1) is 0 Å². The molecule has 0 aliphatic heterocycles. The molecule has 0 saturated carbocycles. The van der Waals surface area contributed by atoms with Gasteiger partial charge in [0.15, 0.2) is 0 Å². The van der Waals surface area contributed by atoms with Gasteiger partial charge in [-0.2, -0.15) is 0 Å². The number of benzene rings is 3. The zero-order valence-electron chi connectivity index (χ0n) is 20.1. The van der Waals surface area contributed by atoms with Gasteiger partial charge in [0.25, 0.3) is 0 Å². The van der Waals surface area contributed by atoms with Crippen molar-refractivity contribution < 1.29 is 13.6 Å². The van der Waals surface area contributed by atoms with Crippen molar-refractivity contribution in [3.63, 3.8) is 0 Å². The average Bonchev–Trinajstić information content (AvgIpc) is 3.18. The maximum atomic E-state index is 12.3. The second-order valence-electron chi connectivity index (χ2n) is 9.14. The van der Waals surface area contributed by atoms with Crippen LogP contribution < -0.4 is 15.9 Å². The number of H-pyrrole nitrogens is 1. The van der Waals surface area contributed by atoms with Gasteiger partial charge in [-0.05, 0) is 50.1 Å². The number of aromatic nitrogens is 1. The third kappa shape index (κ3) is 3.67. The molecule has 6 heteroatoms. The summed E-state index contributed by atoms with van der Waals surface area (Å²) in [6, 6.07) is 20.4. The van der Waals surface area contributed by atoms with E-state index in [9.17, 15) is 9.59 Å². The summed E-state index contributed by atoms with van der Waals surface area (Å²) in [4.78, 5) is 27.4. The van der Waals surface area contributed by atoms with Crippen molar-refractivity contribution in [1.29, 1.82) is 0 Å². The number of rotatable bonds is 4. The van der Waals surface area contributed by atoms with Gasteiger partial charge < -0.3 is 18.6 Å². The summed E-state index contributed by atoms with van der Waals surface area (Å²) in [5.74, 6) is 1.25. The van der Waals surface area contributed by atoms with Gasteiger partial charge in [0.1, 0.15) is 29.3 Å². The fraction of sp³-hybridized carbons (Fsp3) is 0.133. The molecule has 6 rings (SSSR count). The van der Waals surface area contributed by atoms with Crippen molar-refractivity contribution in [1.82, 2.24) is 4.98 Å². The summed E-state index contributed by atoms with van der Waals surface area (Å²) in [5.41, 5.74) is 5.87. The number of aryl methyl sites for hydroxylation is 3. The normalized spacial score (nSPS) is 11.5. The van der Waals surface area contributed by atoms with Crippen LogP contribution in [0.3, 0.4) is 0 Å². The topological polar surface area (TPSA) is 85.4 Å². The van der Waals surface area contributed by atoms with Gasteiger partial charge in [-0.25, -0.2) is 4.79 Å².